The van der Waals surface area contributed by atoms with Crippen molar-refractivity contribution in [1.29, 1.82) is 0 Å². The van der Waals surface area contributed by atoms with Gasteiger partial charge in [0.2, 0.25) is 0 Å². The third-order valence-electron chi connectivity index (χ3n) is 1.60. The van der Waals surface area contributed by atoms with Gasteiger partial charge in [-0.25, -0.2) is 0 Å². The summed E-state index contributed by atoms with van der Waals surface area (Å²) >= 11 is 0. The van der Waals surface area contributed by atoms with Gasteiger partial charge in [-0.2, -0.15) is 0 Å². The van der Waals surface area contributed by atoms with Crippen LogP contribution >= 0.6 is 0 Å². The van der Waals surface area contributed by atoms with Crippen LogP contribution in [0.1, 0.15) is 34.1 Å². The molecule has 0 bridgehead atoms. The molecule has 0 aliphatic heterocycles. The summed E-state index contributed by atoms with van der Waals surface area (Å²) in [5.41, 5.74) is 2.51. The average Bonchev–Trinajstić information content (AvgIpc) is 1.97. The highest BCUT2D eigenvalue weighted by molar-refractivity contribution is 5.24. The first-order valence-electron chi connectivity index (χ1n) is 4.55. The Balaban J connectivity index is 4.11. The van der Waals surface area contributed by atoms with Crippen molar-refractivity contribution < 1.29 is 0 Å². The van der Waals surface area contributed by atoms with Gasteiger partial charge in [-0.1, -0.05) is 49.8 Å². The highest BCUT2D eigenvalue weighted by Gasteiger charge is 1.95. The van der Waals surface area contributed by atoms with E-state index in [4.69, 9.17) is 0 Å². The number of hydrogen-bond acceptors (Lipinski definition) is 0. The predicted molar refractivity (Wildman–Crippen MR) is 57.2 cm³/mol. The van der Waals surface area contributed by atoms with Gasteiger partial charge < -0.3 is 0 Å². The summed E-state index contributed by atoms with van der Waals surface area (Å²) in [4.78, 5) is 0. The summed E-state index contributed by atoms with van der Waals surface area (Å²) in [5, 5.41) is 0. The Morgan fingerprint density at radius 2 is 1.92 bits per heavy atom. The maximum Gasteiger partial charge on any atom is -0.0259 e. The van der Waals surface area contributed by atoms with Crippen LogP contribution in [0.2, 0.25) is 0 Å². The summed E-state index contributed by atoms with van der Waals surface area (Å²) in [6.07, 6.45) is 7.54. The molecule has 0 fully saturated rings. The largest absolute Gasteiger partial charge is 0.0961 e. The zero-order valence-electron chi connectivity index (χ0n) is 8.72. The lowest BCUT2D eigenvalue weighted by atomic mass is 10.0. The zero-order chi connectivity index (χ0) is 9.56. The number of allylic oxidation sites excluding steroid dienone is 5. The fraction of sp³-hybridized carbons (Fsp3) is 0.500. The molecule has 0 unspecified atom stereocenters. The first-order chi connectivity index (χ1) is 5.56. The van der Waals surface area contributed by atoms with E-state index in [0.29, 0.717) is 0 Å². The van der Waals surface area contributed by atoms with Crippen molar-refractivity contribution in [2.75, 3.05) is 0 Å². The minimum atomic E-state index is 0.728. The molecule has 0 spiro atoms. The molecule has 12 heavy (non-hydrogen) atoms. The van der Waals surface area contributed by atoms with E-state index < -0.39 is 0 Å². The summed E-state index contributed by atoms with van der Waals surface area (Å²) in [7, 11) is 0. The molecule has 0 aliphatic rings. The molecule has 0 aromatic rings. The molecular formula is C12H20. The van der Waals surface area contributed by atoms with Crippen LogP contribution in [0.5, 0.6) is 0 Å². The third kappa shape index (κ3) is 5.96. The lowest BCUT2D eigenvalue weighted by Gasteiger charge is -2.04. The van der Waals surface area contributed by atoms with E-state index in [9.17, 15) is 0 Å². The van der Waals surface area contributed by atoms with Gasteiger partial charge in [0.1, 0.15) is 0 Å². The van der Waals surface area contributed by atoms with Gasteiger partial charge in [0.25, 0.3) is 0 Å². The minimum Gasteiger partial charge on any atom is -0.0961 e. The van der Waals surface area contributed by atoms with E-state index in [1.54, 1.807) is 0 Å². The molecule has 0 aliphatic carbocycles. The average molecular weight is 164 g/mol. The van der Waals surface area contributed by atoms with E-state index in [0.717, 1.165) is 17.9 Å². The Morgan fingerprint density at radius 3 is 2.25 bits per heavy atom. The highest BCUT2D eigenvalue weighted by atomic mass is 14.0. The lowest BCUT2D eigenvalue weighted by Crippen LogP contribution is -1.88. The molecule has 0 atom stereocenters. The molecule has 0 heteroatoms. The molecule has 0 saturated heterocycles. The van der Waals surface area contributed by atoms with Crippen molar-refractivity contribution in [3.05, 3.63) is 36.0 Å². The molecule has 0 radical (unpaired) electrons. The second-order valence-electron chi connectivity index (χ2n) is 3.64. The lowest BCUT2D eigenvalue weighted by molar-refractivity contribution is 0.649. The van der Waals surface area contributed by atoms with Crippen LogP contribution in [-0.4, -0.2) is 0 Å². The summed E-state index contributed by atoms with van der Waals surface area (Å²) in [6, 6.07) is 0. The number of rotatable bonds is 4. The predicted octanol–water partition coefficient (Wildman–Crippen LogP) is 4.11. The van der Waals surface area contributed by atoms with Crippen LogP contribution in [0.3, 0.4) is 0 Å². The highest BCUT2D eigenvalue weighted by Crippen LogP contribution is 2.12. The Hall–Kier alpha value is -0.780. The van der Waals surface area contributed by atoms with Crippen LogP contribution in [0, 0.1) is 5.92 Å². The first kappa shape index (κ1) is 11.2. The van der Waals surface area contributed by atoms with Gasteiger partial charge in [-0.15, -0.1) is 0 Å². The molecule has 0 heterocycles. The molecule has 0 rings (SSSR count). The van der Waals surface area contributed by atoms with E-state index in [1.165, 1.54) is 5.57 Å². The summed E-state index contributed by atoms with van der Waals surface area (Å²) in [5.74, 6) is 0.728. The summed E-state index contributed by atoms with van der Waals surface area (Å²) < 4.78 is 0. The van der Waals surface area contributed by atoms with Crippen molar-refractivity contribution in [2.45, 2.75) is 34.1 Å². The fourth-order valence-electron chi connectivity index (χ4n) is 1.00. The van der Waals surface area contributed by atoms with Gasteiger partial charge >= 0.3 is 0 Å². The maximum atomic E-state index is 3.83. The Labute approximate surface area is 76.7 Å². The topological polar surface area (TPSA) is 0 Å². The molecule has 0 amide bonds. The van der Waals surface area contributed by atoms with Crippen LogP contribution in [0.4, 0.5) is 0 Å². The molecule has 0 saturated carbocycles. The Morgan fingerprint density at radius 1 is 1.33 bits per heavy atom. The van der Waals surface area contributed by atoms with Crippen molar-refractivity contribution in [1.82, 2.24) is 0 Å². The second kappa shape index (κ2) is 5.82. The molecule has 0 aromatic heterocycles. The van der Waals surface area contributed by atoms with Gasteiger partial charge in [0.15, 0.2) is 0 Å². The fourth-order valence-corrected chi connectivity index (χ4v) is 1.00. The minimum absolute atomic E-state index is 0.728. The van der Waals surface area contributed by atoms with Crippen molar-refractivity contribution >= 4 is 0 Å². The second-order valence-corrected chi connectivity index (χ2v) is 3.64. The van der Waals surface area contributed by atoms with Crippen LogP contribution in [0.25, 0.3) is 0 Å². The smallest absolute Gasteiger partial charge is 0.0259 e. The van der Waals surface area contributed by atoms with Crippen molar-refractivity contribution in [3.8, 4) is 0 Å². The van der Waals surface area contributed by atoms with Crippen molar-refractivity contribution in [3.63, 3.8) is 0 Å². The van der Waals surface area contributed by atoms with Gasteiger partial charge in [-0.05, 0) is 26.2 Å². The van der Waals surface area contributed by atoms with Gasteiger partial charge in [-0.3, -0.25) is 0 Å². The normalized spacial score (nSPS) is 12.9. The van der Waals surface area contributed by atoms with Crippen molar-refractivity contribution in [2.24, 2.45) is 5.92 Å². The quantitative estimate of drug-likeness (QED) is 0.548. The van der Waals surface area contributed by atoms with E-state index in [1.807, 2.05) is 6.92 Å². The zero-order valence-corrected chi connectivity index (χ0v) is 8.72. The van der Waals surface area contributed by atoms with Gasteiger partial charge in [0, 0.05) is 0 Å². The molecule has 0 N–H and O–H groups in total. The summed E-state index contributed by atoms with van der Waals surface area (Å²) in [6.45, 7) is 12.4. The van der Waals surface area contributed by atoms with Gasteiger partial charge in [0.05, 0.1) is 0 Å². The van der Waals surface area contributed by atoms with Crippen LogP contribution in [-0.2, 0) is 0 Å². The first-order valence-corrected chi connectivity index (χ1v) is 4.55. The maximum absolute atomic E-state index is 3.83. The van der Waals surface area contributed by atoms with Crippen LogP contribution < -0.4 is 0 Å². The molecule has 0 aromatic carbocycles. The third-order valence-corrected chi connectivity index (χ3v) is 1.60. The van der Waals surface area contributed by atoms with Crippen LogP contribution in [0.15, 0.2) is 36.0 Å². The van der Waals surface area contributed by atoms with E-state index >= 15 is 0 Å². The Bertz CT molecular complexity index is 192. The molecule has 68 valence electrons. The Kier molecular flexibility index (Phi) is 5.44. The SMILES string of the molecule is C=C(C)/C=C\C(=C/C)CC(C)C. The van der Waals surface area contributed by atoms with E-state index in [2.05, 4.69) is 45.6 Å². The molecular weight excluding hydrogens is 144 g/mol. The van der Waals surface area contributed by atoms with E-state index in [-0.39, 0.29) is 0 Å². The standard InChI is InChI=1S/C12H20/c1-6-12(9-11(4)5)8-7-10(2)3/h6-8,11H,2,9H2,1,3-5H3/b8-7-,12-6+. The number of hydrogen-bond donors (Lipinski definition) is 0. The molecule has 0 nitrogen and oxygen atoms in total. The monoisotopic (exact) mass is 164 g/mol.